The predicted octanol–water partition coefficient (Wildman–Crippen LogP) is 3.82. The van der Waals surface area contributed by atoms with E-state index in [9.17, 15) is 43.2 Å². The van der Waals surface area contributed by atoms with E-state index in [1.807, 2.05) is 0 Å². The Morgan fingerprint density at radius 1 is 0.483 bits per heavy atom. The van der Waals surface area contributed by atoms with E-state index < -0.39 is 53.5 Å². The minimum absolute atomic E-state index is 0.0210. The number of ether oxygens (including phenoxy) is 6. The van der Waals surface area contributed by atoms with Crippen LogP contribution in [0, 0.1) is 7.05 Å². The van der Waals surface area contributed by atoms with Gasteiger partial charge in [-0.3, -0.25) is 43.2 Å². The molecule has 0 unspecified atom stereocenters. The number of esters is 6. The number of hydrogen-bond acceptors (Lipinski definition) is 15. The monoisotopic (exact) mass is 804 g/mol. The lowest BCUT2D eigenvalue weighted by Crippen LogP contribution is -2.37. The van der Waals surface area contributed by atoms with Gasteiger partial charge in [0.2, 0.25) is 0 Å². The number of nitrogens with one attached hydrogen (secondary N) is 1. The summed E-state index contributed by atoms with van der Waals surface area (Å²) in [7, 11) is 3.80. The van der Waals surface area contributed by atoms with Gasteiger partial charge in [-0.1, -0.05) is 18.2 Å². The van der Waals surface area contributed by atoms with E-state index in [4.69, 9.17) is 28.4 Å². The van der Waals surface area contributed by atoms with E-state index >= 15 is 0 Å². The SMILES string of the molecule is [CH2]N(CCCN(CCCNC(=O)c1cccc(OC(C)=O)c1OC(C)=O)C(=O)c1cccc(OC(C)=O)c1OC(C)=O)C(=O)c1cccc(OC(C)=O)c1OC(C)=O. The molecule has 0 aliphatic heterocycles. The maximum atomic E-state index is 14.1. The van der Waals surface area contributed by atoms with Crippen LogP contribution in [0.2, 0.25) is 0 Å². The van der Waals surface area contributed by atoms with Crippen molar-refractivity contribution in [3.63, 3.8) is 0 Å². The largest absolute Gasteiger partial charge is 0.423 e. The molecule has 1 N–H and O–H groups in total. The summed E-state index contributed by atoms with van der Waals surface area (Å²) in [6, 6.07) is 12.4. The van der Waals surface area contributed by atoms with Gasteiger partial charge in [0.05, 0.1) is 16.7 Å². The molecule has 0 saturated carbocycles. The summed E-state index contributed by atoms with van der Waals surface area (Å²) in [4.78, 5) is 114. The van der Waals surface area contributed by atoms with Crippen LogP contribution in [0.5, 0.6) is 34.5 Å². The van der Waals surface area contributed by atoms with E-state index in [0.717, 1.165) is 46.4 Å². The molecular formula is C40H42N3O15. The third kappa shape index (κ3) is 13.3. The molecule has 0 atom stereocenters. The maximum Gasteiger partial charge on any atom is 0.308 e. The molecule has 1 radical (unpaired) electrons. The van der Waals surface area contributed by atoms with E-state index in [1.54, 1.807) is 0 Å². The zero-order valence-electron chi connectivity index (χ0n) is 32.7. The van der Waals surface area contributed by atoms with Crippen LogP contribution in [0.15, 0.2) is 54.6 Å². The third-order valence-electron chi connectivity index (χ3n) is 7.46. The second kappa shape index (κ2) is 21.3. The smallest absolute Gasteiger partial charge is 0.308 e. The maximum absolute atomic E-state index is 14.1. The summed E-state index contributed by atoms with van der Waals surface area (Å²) in [5, 5.41) is 2.67. The molecule has 3 rings (SSSR count). The molecule has 307 valence electrons. The average Bonchev–Trinajstić information content (AvgIpc) is 3.12. The van der Waals surface area contributed by atoms with E-state index in [1.165, 1.54) is 59.5 Å². The Kier molecular flexibility index (Phi) is 16.6. The number of amides is 3. The van der Waals surface area contributed by atoms with Crippen molar-refractivity contribution < 1.29 is 71.6 Å². The molecule has 3 amide bonds. The molecule has 0 fully saturated rings. The van der Waals surface area contributed by atoms with Crippen LogP contribution in [0.3, 0.4) is 0 Å². The highest BCUT2D eigenvalue weighted by Gasteiger charge is 2.27. The third-order valence-corrected chi connectivity index (χ3v) is 7.46. The molecule has 58 heavy (non-hydrogen) atoms. The quantitative estimate of drug-likeness (QED) is 0.116. The fraction of sp³-hybridized carbons (Fsp3) is 0.300. The Labute approximate surface area is 333 Å². The van der Waals surface area contributed by atoms with Crippen LogP contribution < -0.4 is 33.7 Å². The summed E-state index contributed by atoms with van der Waals surface area (Å²) in [5.41, 5.74) is -0.371. The van der Waals surface area contributed by atoms with E-state index in [0.29, 0.717) is 0 Å². The van der Waals surface area contributed by atoms with Gasteiger partial charge in [-0.2, -0.15) is 0 Å². The molecule has 0 aliphatic carbocycles. The second-order valence-electron chi connectivity index (χ2n) is 12.3. The summed E-state index contributed by atoms with van der Waals surface area (Å²) in [5.74, 6) is -7.93. The van der Waals surface area contributed by atoms with Crippen molar-refractivity contribution in [3.8, 4) is 34.5 Å². The molecule has 0 aliphatic rings. The Morgan fingerprint density at radius 3 is 1.26 bits per heavy atom. The number of para-hydroxylation sites is 3. The predicted molar refractivity (Wildman–Crippen MR) is 201 cm³/mol. The first kappa shape index (κ1) is 45.3. The Morgan fingerprint density at radius 2 is 0.845 bits per heavy atom. The first-order valence-electron chi connectivity index (χ1n) is 17.6. The van der Waals surface area contributed by atoms with Crippen LogP contribution >= 0.6 is 0 Å². The number of benzene rings is 3. The highest BCUT2D eigenvalue weighted by atomic mass is 16.6. The van der Waals surface area contributed by atoms with Crippen LogP contribution in [0.25, 0.3) is 0 Å². The minimum Gasteiger partial charge on any atom is -0.423 e. The Balaban J connectivity index is 1.87. The molecule has 3 aromatic carbocycles. The van der Waals surface area contributed by atoms with Crippen molar-refractivity contribution in [3.05, 3.63) is 78.3 Å². The number of carbonyl (C=O) groups is 9. The van der Waals surface area contributed by atoms with Gasteiger partial charge in [0.25, 0.3) is 17.7 Å². The summed E-state index contributed by atoms with van der Waals surface area (Å²) < 4.78 is 31.1. The van der Waals surface area contributed by atoms with Crippen LogP contribution in [-0.2, 0) is 28.8 Å². The number of hydrogen-bond donors (Lipinski definition) is 1. The van der Waals surface area contributed by atoms with Crippen molar-refractivity contribution in [2.45, 2.75) is 54.4 Å². The lowest BCUT2D eigenvalue weighted by atomic mass is 10.1. The highest BCUT2D eigenvalue weighted by molar-refractivity contribution is 6.00. The molecule has 0 heterocycles. The normalized spacial score (nSPS) is 10.3. The van der Waals surface area contributed by atoms with Gasteiger partial charge in [-0.05, 0) is 49.2 Å². The topological polar surface area (TPSA) is 228 Å². The second-order valence-corrected chi connectivity index (χ2v) is 12.3. The Bertz CT molecular complexity index is 2090. The molecule has 3 aromatic rings. The standard InChI is InChI=1S/C40H42N3O15/c1-23(44)53-32-16-8-13-29(35(32)56-26(4)47)38(50)41-19-11-21-43(40(52)31-15-10-18-34(55-25(3)46)37(31)58-28(6)49)22-12-20-42(7)39(51)30-14-9-17-33(54-24(2)45)36(30)57-27(5)48/h8-10,13-18H,7,11-12,19-22H2,1-6H3,(H,41,50). The van der Waals surface area contributed by atoms with Gasteiger partial charge in [-0.15, -0.1) is 0 Å². The number of carbonyl (C=O) groups excluding carboxylic acids is 9. The lowest BCUT2D eigenvalue weighted by Gasteiger charge is -2.26. The molecule has 0 bridgehead atoms. The highest BCUT2D eigenvalue weighted by Crippen LogP contribution is 2.35. The molecular weight excluding hydrogens is 762 g/mol. The van der Waals surface area contributed by atoms with Gasteiger partial charge < -0.3 is 43.5 Å². The average molecular weight is 805 g/mol. The van der Waals surface area contributed by atoms with Crippen LogP contribution in [-0.4, -0.2) is 89.5 Å². The van der Waals surface area contributed by atoms with Gasteiger partial charge in [0, 0.05) is 74.8 Å². The van der Waals surface area contributed by atoms with Crippen molar-refractivity contribution in [1.82, 2.24) is 15.1 Å². The first-order valence-corrected chi connectivity index (χ1v) is 17.6. The molecule has 0 aromatic heterocycles. The van der Waals surface area contributed by atoms with Crippen molar-refractivity contribution >= 4 is 53.5 Å². The van der Waals surface area contributed by atoms with Crippen LogP contribution in [0.4, 0.5) is 0 Å². The van der Waals surface area contributed by atoms with Crippen molar-refractivity contribution in [1.29, 1.82) is 0 Å². The first-order chi connectivity index (χ1) is 27.4. The molecule has 0 saturated heterocycles. The van der Waals surface area contributed by atoms with E-state index in [2.05, 4.69) is 12.4 Å². The lowest BCUT2D eigenvalue weighted by molar-refractivity contribution is -0.134. The van der Waals surface area contributed by atoms with Gasteiger partial charge >= 0.3 is 35.8 Å². The zero-order valence-corrected chi connectivity index (χ0v) is 32.7. The summed E-state index contributed by atoms with van der Waals surface area (Å²) in [6.07, 6.45) is 0.249. The minimum atomic E-state index is -0.800. The van der Waals surface area contributed by atoms with Gasteiger partial charge in [0.15, 0.2) is 34.5 Å². The molecule has 18 heteroatoms. The fourth-order valence-electron chi connectivity index (χ4n) is 5.29. The summed E-state index contributed by atoms with van der Waals surface area (Å²) in [6.45, 7) is 6.58. The Hall–Kier alpha value is -7.11. The van der Waals surface area contributed by atoms with Gasteiger partial charge in [0.1, 0.15) is 0 Å². The molecule has 0 spiro atoms. The molecule has 18 nitrogen and oxygen atoms in total. The summed E-state index contributed by atoms with van der Waals surface area (Å²) >= 11 is 0. The number of nitrogens with zero attached hydrogens (tertiary/aromatic N) is 2. The van der Waals surface area contributed by atoms with E-state index in [-0.39, 0.29) is 90.2 Å². The van der Waals surface area contributed by atoms with Crippen molar-refractivity contribution in [2.24, 2.45) is 0 Å². The van der Waals surface area contributed by atoms with Crippen LogP contribution in [0.1, 0.15) is 85.5 Å². The van der Waals surface area contributed by atoms with Gasteiger partial charge in [-0.25, -0.2) is 0 Å². The number of rotatable bonds is 17. The van der Waals surface area contributed by atoms with Crippen molar-refractivity contribution in [2.75, 3.05) is 26.2 Å². The zero-order chi connectivity index (χ0) is 43.1. The fourth-order valence-corrected chi connectivity index (χ4v) is 5.29.